The fraction of sp³-hybridized carbons (Fsp3) is 0.588. The van der Waals surface area contributed by atoms with Gasteiger partial charge in [-0.3, -0.25) is 4.79 Å². The molecule has 1 aromatic carbocycles. The lowest BCUT2D eigenvalue weighted by Gasteiger charge is -2.19. The topological polar surface area (TPSA) is 38.3 Å². The number of hydrogen-bond acceptors (Lipinski definition) is 2. The zero-order valence-corrected chi connectivity index (χ0v) is 13.3. The van der Waals surface area contributed by atoms with Crippen molar-refractivity contribution in [3.05, 3.63) is 29.8 Å². The van der Waals surface area contributed by atoms with E-state index < -0.39 is 0 Å². The Morgan fingerprint density at radius 1 is 1.20 bits per heavy atom. The third-order valence-corrected chi connectivity index (χ3v) is 2.99. The fourth-order valence-electron chi connectivity index (χ4n) is 1.87. The highest BCUT2D eigenvalue weighted by Gasteiger charge is 2.12. The molecule has 3 heteroatoms. The molecule has 0 fully saturated rings. The smallest absolute Gasteiger partial charge is 0.220 e. The van der Waals surface area contributed by atoms with Crippen LogP contribution in [0, 0.1) is 0 Å². The van der Waals surface area contributed by atoms with Crippen molar-refractivity contribution in [1.29, 1.82) is 0 Å². The summed E-state index contributed by atoms with van der Waals surface area (Å²) in [7, 11) is 0. The highest BCUT2D eigenvalue weighted by molar-refractivity contribution is 5.76. The lowest BCUT2D eigenvalue weighted by molar-refractivity contribution is -0.121. The number of benzene rings is 1. The summed E-state index contributed by atoms with van der Waals surface area (Å²) in [6.07, 6.45) is 1.25. The molecule has 0 unspecified atom stereocenters. The Morgan fingerprint density at radius 2 is 1.80 bits per heavy atom. The number of nitrogens with one attached hydrogen (secondary N) is 1. The van der Waals surface area contributed by atoms with Crippen LogP contribution in [0.3, 0.4) is 0 Å². The zero-order valence-electron chi connectivity index (χ0n) is 13.3. The van der Waals surface area contributed by atoms with Gasteiger partial charge >= 0.3 is 0 Å². The molecule has 0 bridgehead atoms. The lowest BCUT2D eigenvalue weighted by Crippen LogP contribution is -2.30. The van der Waals surface area contributed by atoms with Crippen molar-refractivity contribution < 1.29 is 9.53 Å². The van der Waals surface area contributed by atoms with Crippen LogP contribution in [0.2, 0.25) is 0 Å². The second-order valence-corrected chi connectivity index (χ2v) is 6.45. The predicted octanol–water partition coefficient (Wildman–Crippen LogP) is 3.67. The molecule has 20 heavy (non-hydrogen) atoms. The maximum atomic E-state index is 11.5. The largest absolute Gasteiger partial charge is 0.494 e. The van der Waals surface area contributed by atoms with Crippen molar-refractivity contribution in [3.8, 4) is 5.75 Å². The van der Waals surface area contributed by atoms with Crippen LogP contribution in [-0.2, 0) is 10.2 Å². The monoisotopic (exact) mass is 277 g/mol. The lowest BCUT2D eigenvalue weighted by atomic mass is 9.87. The second-order valence-electron chi connectivity index (χ2n) is 6.45. The van der Waals surface area contributed by atoms with E-state index in [-0.39, 0.29) is 17.4 Å². The van der Waals surface area contributed by atoms with Gasteiger partial charge in [0.2, 0.25) is 5.91 Å². The van der Waals surface area contributed by atoms with Crippen LogP contribution in [0.15, 0.2) is 24.3 Å². The van der Waals surface area contributed by atoms with E-state index in [9.17, 15) is 4.79 Å². The van der Waals surface area contributed by atoms with Gasteiger partial charge in [-0.25, -0.2) is 0 Å². The third kappa shape index (κ3) is 6.09. The quantitative estimate of drug-likeness (QED) is 0.806. The van der Waals surface area contributed by atoms with Gasteiger partial charge < -0.3 is 10.1 Å². The van der Waals surface area contributed by atoms with E-state index in [0.717, 1.165) is 12.2 Å². The Bertz CT molecular complexity index is 416. The Balaban J connectivity index is 2.31. The summed E-state index contributed by atoms with van der Waals surface area (Å²) in [6, 6.07) is 8.39. The molecule has 0 aliphatic heterocycles. The van der Waals surface area contributed by atoms with Crippen molar-refractivity contribution in [1.82, 2.24) is 5.32 Å². The van der Waals surface area contributed by atoms with Crippen molar-refractivity contribution in [2.75, 3.05) is 6.61 Å². The van der Waals surface area contributed by atoms with E-state index in [1.54, 1.807) is 0 Å². The van der Waals surface area contributed by atoms with Gasteiger partial charge in [0.1, 0.15) is 5.75 Å². The first-order chi connectivity index (χ1) is 9.29. The van der Waals surface area contributed by atoms with Crippen molar-refractivity contribution >= 4 is 5.91 Å². The predicted molar refractivity (Wildman–Crippen MR) is 83.1 cm³/mol. The summed E-state index contributed by atoms with van der Waals surface area (Å²) in [6.45, 7) is 11.1. The molecule has 0 saturated heterocycles. The molecule has 0 atom stereocenters. The Kier molecular flexibility index (Phi) is 6.05. The molecule has 0 aliphatic rings. The highest BCUT2D eigenvalue weighted by atomic mass is 16.5. The summed E-state index contributed by atoms with van der Waals surface area (Å²) in [5, 5.41) is 2.87. The second kappa shape index (κ2) is 7.32. The van der Waals surface area contributed by atoms with Gasteiger partial charge in [0, 0.05) is 12.5 Å². The molecule has 0 aromatic heterocycles. The van der Waals surface area contributed by atoms with Crippen LogP contribution in [0.4, 0.5) is 0 Å². The van der Waals surface area contributed by atoms with Crippen LogP contribution in [0.5, 0.6) is 5.75 Å². The molecule has 0 heterocycles. The highest BCUT2D eigenvalue weighted by Crippen LogP contribution is 2.24. The average molecular weight is 277 g/mol. The summed E-state index contributed by atoms with van der Waals surface area (Å²) in [4.78, 5) is 11.5. The number of carbonyl (C=O) groups excluding carboxylic acids is 1. The SMILES string of the molecule is CC(C)NC(=O)CCCOc1ccc(C(C)(C)C)cc1. The minimum atomic E-state index is 0.0895. The van der Waals surface area contributed by atoms with Gasteiger partial charge in [0.25, 0.3) is 0 Å². The third-order valence-electron chi connectivity index (χ3n) is 2.99. The van der Waals surface area contributed by atoms with Gasteiger partial charge in [-0.05, 0) is 43.4 Å². The van der Waals surface area contributed by atoms with Crippen LogP contribution < -0.4 is 10.1 Å². The molecule has 0 spiro atoms. The van der Waals surface area contributed by atoms with E-state index in [1.165, 1.54) is 5.56 Å². The Labute approximate surface area is 122 Å². The molecular formula is C17H27NO2. The van der Waals surface area contributed by atoms with E-state index in [0.29, 0.717) is 13.0 Å². The minimum absolute atomic E-state index is 0.0895. The van der Waals surface area contributed by atoms with Gasteiger partial charge in [-0.2, -0.15) is 0 Å². The minimum Gasteiger partial charge on any atom is -0.494 e. The number of rotatable bonds is 6. The number of hydrogen-bond donors (Lipinski definition) is 1. The van der Waals surface area contributed by atoms with Gasteiger partial charge in [0.15, 0.2) is 0 Å². The standard InChI is InChI=1S/C17H27NO2/c1-13(2)18-16(19)7-6-12-20-15-10-8-14(9-11-15)17(3,4)5/h8-11,13H,6-7,12H2,1-5H3,(H,18,19). The fourth-order valence-corrected chi connectivity index (χ4v) is 1.87. The maximum absolute atomic E-state index is 11.5. The van der Waals surface area contributed by atoms with Crippen LogP contribution in [0.25, 0.3) is 0 Å². The maximum Gasteiger partial charge on any atom is 0.220 e. The van der Waals surface area contributed by atoms with Crippen LogP contribution >= 0.6 is 0 Å². The zero-order chi connectivity index (χ0) is 15.2. The molecular weight excluding hydrogens is 250 g/mol. The van der Waals surface area contributed by atoms with Gasteiger partial charge in [-0.15, -0.1) is 0 Å². The molecule has 0 aliphatic carbocycles. The Hall–Kier alpha value is -1.51. The van der Waals surface area contributed by atoms with E-state index in [2.05, 4.69) is 38.2 Å². The van der Waals surface area contributed by atoms with E-state index >= 15 is 0 Å². The molecule has 1 rings (SSSR count). The average Bonchev–Trinajstić information content (AvgIpc) is 2.33. The molecule has 0 saturated carbocycles. The molecule has 112 valence electrons. The summed E-state index contributed by atoms with van der Waals surface area (Å²) in [5.41, 5.74) is 1.45. The van der Waals surface area contributed by atoms with Crippen molar-refractivity contribution in [2.45, 2.75) is 58.9 Å². The summed E-state index contributed by atoms with van der Waals surface area (Å²) in [5.74, 6) is 0.953. The van der Waals surface area contributed by atoms with Gasteiger partial charge in [-0.1, -0.05) is 32.9 Å². The normalized spacial score (nSPS) is 11.5. The van der Waals surface area contributed by atoms with Crippen molar-refractivity contribution in [3.63, 3.8) is 0 Å². The van der Waals surface area contributed by atoms with Crippen LogP contribution in [-0.4, -0.2) is 18.6 Å². The van der Waals surface area contributed by atoms with E-state index in [1.807, 2.05) is 26.0 Å². The summed E-state index contributed by atoms with van der Waals surface area (Å²) < 4.78 is 5.65. The Morgan fingerprint density at radius 3 is 2.30 bits per heavy atom. The van der Waals surface area contributed by atoms with Crippen molar-refractivity contribution in [2.24, 2.45) is 0 Å². The van der Waals surface area contributed by atoms with E-state index in [4.69, 9.17) is 4.74 Å². The first-order valence-corrected chi connectivity index (χ1v) is 7.32. The first-order valence-electron chi connectivity index (χ1n) is 7.32. The summed E-state index contributed by atoms with van der Waals surface area (Å²) >= 11 is 0. The van der Waals surface area contributed by atoms with Crippen LogP contribution in [0.1, 0.15) is 53.0 Å². The number of amides is 1. The molecule has 1 aromatic rings. The molecule has 3 nitrogen and oxygen atoms in total. The number of ether oxygens (including phenoxy) is 1. The number of carbonyl (C=O) groups is 1. The molecule has 0 radical (unpaired) electrons. The first kappa shape index (κ1) is 16.5. The molecule has 1 N–H and O–H groups in total. The molecule has 1 amide bonds. The van der Waals surface area contributed by atoms with Gasteiger partial charge in [0.05, 0.1) is 6.61 Å².